The highest BCUT2D eigenvalue weighted by Gasteiger charge is 2.64. The minimum absolute atomic E-state index is 0.0868. The topological polar surface area (TPSA) is 181 Å². The summed E-state index contributed by atoms with van der Waals surface area (Å²) in [5.41, 5.74) is 2.66. The summed E-state index contributed by atoms with van der Waals surface area (Å²) in [6, 6.07) is 11.9. The van der Waals surface area contributed by atoms with E-state index in [9.17, 15) is 29.2 Å². The van der Waals surface area contributed by atoms with Crippen LogP contribution in [0.15, 0.2) is 48.8 Å². The third-order valence-electron chi connectivity index (χ3n) is 13.2. The van der Waals surface area contributed by atoms with Crippen LogP contribution in [0.2, 0.25) is 0 Å². The van der Waals surface area contributed by atoms with Crippen LogP contribution in [-0.4, -0.2) is 113 Å². The number of piperazine rings is 1. The van der Waals surface area contributed by atoms with Gasteiger partial charge in [-0.2, -0.15) is 5.26 Å². The lowest BCUT2D eigenvalue weighted by Gasteiger charge is -2.63. The number of nitriles is 1. The largest absolute Gasteiger partial charge is 0.489 e. The minimum atomic E-state index is -0.979. The molecule has 5 heterocycles. The molecule has 4 fully saturated rings. The fraction of sp³-hybridized carbons (Fsp3) is 0.500. The first-order valence-corrected chi connectivity index (χ1v) is 20.5. The molecule has 59 heavy (non-hydrogen) atoms. The van der Waals surface area contributed by atoms with Gasteiger partial charge in [0.15, 0.2) is 0 Å². The number of rotatable bonds is 9. The van der Waals surface area contributed by atoms with Crippen molar-refractivity contribution in [2.24, 2.45) is 16.7 Å². The molecule has 5 amide bonds. The van der Waals surface area contributed by atoms with E-state index >= 15 is 0 Å². The summed E-state index contributed by atoms with van der Waals surface area (Å²) in [5, 5.41) is 14.8. The van der Waals surface area contributed by atoms with Crippen LogP contribution < -0.4 is 25.2 Å². The van der Waals surface area contributed by atoms with E-state index in [4.69, 9.17) is 4.74 Å². The van der Waals surface area contributed by atoms with Crippen molar-refractivity contribution in [2.75, 3.05) is 55.6 Å². The lowest BCUT2D eigenvalue weighted by atomic mass is 9.49. The first-order chi connectivity index (χ1) is 28.1. The Morgan fingerprint density at radius 1 is 0.881 bits per heavy atom. The van der Waals surface area contributed by atoms with E-state index in [-0.39, 0.29) is 47.3 Å². The minimum Gasteiger partial charge on any atom is -0.489 e. The zero-order valence-electron chi connectivity index (χ0n) is 34.3. The zero-order chi connectivity index (χ0) is 41.8. The molecule has 0 radical (unpaired) electrons. The SMILES string of the molecule is Cc1cc(O[C@H]2C(C)(C)[C@H](NC(=O)c3cnc(N4CCC(CN5CCN(c6ccc7c(c6)C(=O)N(C6CCC(=O)NC6=O)C7=O)CC5)CC4)nc3)C2(C)C)ccc1C#N. The second kappa shape index (κ2) is 15.4. The lowest BCUT2D eigenvalue weighted by molar-refractivity contribution is -0.164. The highest BCUT2D eigenvalue weighted by atomic mass is 16.5. The predicted molar refractivity (Wildman–Crippen MR) is 218 cm³/mol. The maximum atomic E-state index is 13.4. The molecular formula is C44H51N9O6. The van der Waals surface area contributed by atoms with Gasteiger partial charge in [0, 0.05) is 87.2 Å². The third-order valence-corrected chi connectivity index (χ3v) is 13.2. The number of nitrogens with one attached hydrogen (secondary N) is 2. The zero-order valence-corrected chi connectivity index (χ0v) is 34.3. The molecule has 1 saturated carbocycles. The van der Waals surface area contributed by atoms with Gasteiger partial charge in [0.25, 0.3) is 17.7 Å². The van der Waals surface area contributed by atoms with Gasteiger partial charge in [-0.1, -0.05) is 27.7 Å². The molecule has 5 aliphatic rings. The molecule has 0 spiro atoms. The highest BCUT2D eigenvalue weighted by molar-refractivity contribution is 6.23. The Morgan fingerprint density at radius 2 is 1.56 bits per heavy atom. The Hall–Kier alpha value is -5.88. The average molecular weight is 802 g/mol. The Labute approximate surface area is 344 Å². The van der Waals surface area contributed by atoms with E-state index in [2.05, 4.69) is 69.1 Å². The number of aromatic nitrogens is 2. The van der Waals surface area contributed by atoms with E-state index in [0.29, 0.717) is 34.3 Å². The van der Waals surface area contributed by atoms with Crippen LogP contribution in [0.25, 0.3) is 0 Å². The molecule has 1 atom stereocenters. The van der Waals surface area contributed by atoms with Crippen molar-refractivity contribution in [3.8, 4) is 11.8 Å². The predicted octanol–water partition coefficient (Wildman–Crippen LogP) is 3.71. The highest BCUT2D eigenvalue weighted by Crippen LogP contribution is 2.55. The van der Waals surface area contributed by atoms with Gasteiger partial charge < -0.3 is 19.9 Å². The van der Waals surface area contributed by atoms with Gasteiger partial charge in [-0.15, -0.1) is 0 Å². The number of benzene rings is 2. The number of anilines is 2. The van der Waals surface area contributed by atoms with E-state index in [0.717, 1.165) is 74.8 Å². The number of piperidine rings is 2. The molecule has 1 unspecified atom stereocenters. The molecule has 8 rings (SSSR count). The number of carbonyl (C=O) groups is 5. The van der Waals surface area contributed by atoms with Crippen molar-refractivity contribution < 1.29 is 28.7 Å². The van der Waals surface area contributed by atoms with E-state index in [1.807, 2.05) is 25.1 Å². The van der Waals surface area contributed by atoms with E-state index < -0.39 is 29.7 Å². The lowest BCUT2D eigenvalue weighted by Crippen LogP contribution is -2.74. The van der Waals surface area contributed by atoms with Gasteiger partial charge in [-0.3, -0.25) is 39.1 Å². The molecule has 0 bridgehead atoms. The molecule has 15 heteroatoms. The molecule has 15 nitrogen and oxygen atoms in total. The fourth-order valence-corrected chi connectivity index (χ4v) is 10.1. The first-order valence-electron chi connectivity index (χ1n) is 20.5. The van der Waals surface area contributed by atoms with Crippen LogP contribution in [-0.2, 0) is 9.59 Å². The van der Waals surface area contributed by atoms with Gasteiger partial charge in [0.05, 0.1) is 28.3 Å². The first kappa shape index (κ1) is 39.9. The smallest absolute Gasteiger partial charge is 0.262 e. The number of carbonyl (C=O) groups excluding carboxylic acids is 5. The summed E-state index contributed by atoms with van der Waals surface area (Å²) < 4.78 is 6.44. The summed E-state index contributed by atoms with van der Waals surface area (Å²) in [4.78, 5) is 81.1. The van der Waals surface area contributed by atoms with Crippen LogP contribution in [0.4, 0.5) is 11.6 Å². The number of imide groups is 2. The van der Waals surface area contributed by atoms with Gasteiger partial charge in [-0.05, 0) is 74.1 Å². The maximum Gasteiger partial charge on any atom is 0.262 e. The second-order valence-corrected chi connectivity index (χ2v) is 17.8. The number of hydrogen-bond acceptors (Lipinski definition) is 12. The second-order valence-electron chi connectivity index (χ2n) is 17.8. The van der Waals surface area contributed by atoms with Crippen LogP contribution >= 0.6 is 0 Å². The molecule has 3 saturated heterocycles. The summed E-state index contributed by atoms with van der Waals surface area (Å²) >= 11 is 0. The summed E-state index contributed by atoms with van der Waals surface area (Å²) in [5.74, 6) is -0.346. The molecule has 1 aromatic heterocycles. The number of amides is 5. The summed E-state index contributed by atoms with van der Waals surface area (Å²) in [7, 11) is 0. The monoisotopic (exact) mass is 801 g/mol. The van der Waals surface area contributed by atoms with Crippen LogP contribution in [0.5, 0.6) is 5.75 Å². The van der Waals surface area contributed by atoms with Crippen molar-refractivity contribution >= 4 is 41.2 Å². The molecule has 308 valence electrons. The number of fused-ring (bicyclic) bond motifs is 1. The van der Waals surface area contributed by atoms with Crippen LogP contribution in [0.1, 0.15) is 95.6 Å². The van der Waals surface area contributed by atoms with Gasteiger partial charge in [-0.25, -0.2) is 9.97 Å². The van der Waals surface area contributed by atoms with Crippen molar-refractivity contribution in [3.05, 3.63) is 76.6 Å². The Morgan fingerprint density at radius 3 is 2.20 bits per heavy atom. The van der Waals surface area contributed by atoms with E-state index in [1.54, 1.807) is 30.6 Å². The van der Waals surface area contributed by atoms with Crippen molar-refractivity contribution in [2.45, 2.75) is 78.5 Å². The van der Waals surface area contributed by atoms with Crippen molar-refractivity contribution in [1.82, 2.24) is 30.4 Å². The maximum absolute atomic E-state index is 13.4. The molecule has 2 N–H and O–H groups in total. The number of ether oxygens (including phenoxy) is 1. The molecule has 1 aliphatic carbocycles. The average Bonchev–Trinajstić information content (AvgIpc) is 3.47. The van der Waals surface area contributed by atoms with Gasteiger partial charge in [0.2, 0.25) is 17.8 Å². The van der Waals surface area contributed by atoms with Gasteiger partial charge >= 0.3 is 0 Å². The Bertz CT molecular complexity index is 2220. The Kier molecular flexibility index (Phi) is 10.4. The fourth-order valence-electron chi connectivity index (χ4n) is 10.1. The number of nitrogens with zero attached hydrogens (tertiary/aromatic N) is 7. The molecule has 4 aliphatic heterocycles. The van der Waals surface area contributed by atoms with E-state index in [1.165, 1.54) is 0 Å². The summed E-state index contributed by atoms with van der Waals surface area (Å²) in [6.07, 6.45) is 5.30. The number of aryl methyl sites for hydroxylation is 1. The van der Waals surface area contributed by atoms with Crippen LogP contribution in [0, 0.1) is 35.0 Å². The molecule has 3 aromatic rings. The van der Waals surface area contributed by atoms with Crippen LogP contribution in [0.3, 0.4) is 0 Å². The standard InChI is InChI=1S/C44H51N9O6/c1-26-20-31(8-6-28(26)22-45)59-41-43(2,3)40(44(41,4)5)49-36(55)29-23-46-42(47-24-29)52-14-12-27(13-15-52)25-50-16-18-51(19-17-50)30-7-9-32-33(21-30)39(58)53(38(32)57)34-10-11-35(54)48-37(34)56/h6-9,20-21,23-24,27,34,40-41H,10-19,25H2,1-5H3,(H,49,55)(H,48,54,56)/t34?,40-,41-. The molecular weight excluding hydrogens is 751 g/mol. The summed E-state index contributed by atoms with van der Waals surface area (Å²) in [6.45, 7) is 16.3. The van der Waals surface area contributed by atoms with Crippen molar-refractivity contribution in [1.29, 1.82) is 5.26 Å². The quantitative estimate of drug-likeness (QED) is 0.300. The Balaban J connectivity index is 0.789. The van der Waals surface area contributed by atoms with Gasteiger partial charge in [0.1, 0.15) is 17.9 Å². The normalized spacial score (nSPS) is 24.3. The molecule has 2 aromatic carbocycles. The third kappa shape index (κ3) is 7.39. The van der Waals surface area contributed by atoms with Crippen molar-refractivity contribution in [3.63, 3.8) is 0 Å². The number of hydrogen-bond donors (Lipinski definition) is 2.